The number of halogens is 1. The van der Waals surface area contributed by atoms with Crippen LogP contribution < -0.4 is 15.4 Å². The maximum absolute atomic E-state index is 12.5. The summed E-state index contributed by atoms with van der Waals surface area (Å²) in [6, 6.07) is 3.32. The number of nitrogens with one attached hydrogen (secondary N) is 2. The molecule has 0 atom stereocenters. The minimum Gasteiger partial charge on any atom is -0.495 e. The van der Waals surface area contributed by atoms with E-state index in [-0.39, 0.29) is 11.9 Å². The van der Waals surface area contributed by atoms with E-state index in [9.17, 15) is 9.59 Å². The molecule has 0 spiro atoms. The molecule has 2 amide bonds. The van der Waals surface area contributed by atoms with E-state index >= 15 is 0 Å². The highest BCUT2D eigenvalue weighted by Gasteiger charge is 2.36. The minimum atomic E-state index is -1.21. The molecule has 1 aromatic carbocycles. The van der Waals surface area contributed by atoms with Gasteiger partial charge in [-0.3, -0.25) is 9.59 Å². The lowest BCUT2D eigenvalue weighted by atomic mass is 9.90. The largest absolute Gasteiger partial charge is 0.495 e. The molecule has 0 fully saturated rings. The van der Waals surface area contributed by atoms with Gasteiger partial charge in [-0.05, 0) is 46.2 Å². The van der Waals surface area contributed by atoms with Crippen LogP contribution in [0.3, 0.4) is 0 Å². The van der Waals surface area contributed by atoms with Crippen molar-refractivity contribution >= 4 is 29.1 Å². The molecule has 122 valence electrons. The van der Waals surface area contributed by atoms with Crippen LogP contribution in [-0.2, 0) is 9.59 Å². The Morgan fingerprint density at radius 3 is 2.32 bits per heavy atom. The number of anilines is 1. The van der Waals surface area contributed by atoms with Crippen LogP contribution in [0.2, 0.25) is 5.02 Å². The molecule has 0 radical (unpaired) electrons. The van der Waals surface area contributed by atoms with Gasteiger partial charge in [-0.2, -0.15) is 0 Å². The minimum absolute atomic E-state index is 0.0353. The molecule has 5 nitrogen and oxygen atoms in total. The van der Waals surface area contributed by atoms with Crippen molar-refractivity contribution in [3.05, 3.63) is 22.7 Å². The summed E-state index contributed by atoms with van der Waals surface area (Å²) in [5.41, 5.74) is 0.0880. The Balaban J connectivity index is 3.01. The molecule has 0 aliphatic heterocycles. The number of hydrogen-bond donors (Lipinski definition) is 2. The molecule has 0 aliphatic rings. The number of ether oxygens (including phenoxy) is 1. The molecule has 0 unspecified atom stereocenters. The fourth-order valence-electron chi connectivity index (χ4n) is 1.75. The van der Waals surface area contributed by atoms with Crippen LogP contribution in [0.15, 0.2) is 12.1 Å². The molecule has 0 aromatic heterocycles. The highest BCUT2D eigenvalue weighted by molar-refractivity contribution is 6.31. The van der Waals surface area contributed by atoms with E-state index in [1.807, 2.05) is 20.8 Å². The van der Waals surface area contributed by atoms with Crippen molar-refractivity contribution < 1.29 is 14.3 Å². The highest BCUT2D eigenvalue weighted by atomic mass is 35.5. The molecule has 0 bridgehead atoms. The summed E-state index contributed by atoms with van der Waals surface area (Å²) in [7, 11) is 1.49. The van der Waals surface area contributed by atoms with Crippen LogP contribution in [0.4, 0.5) is 5.69 Å². The summed E-state index contributed by atoms with van der Waals surface area (Å²) >= 11 is 6.04. The molecule has 6 heteroatoms. The first-order valence-electron chi connectivity index (χ1n) is 7.06. The number of hydrogen-bond acceptors (Lipinski definition) is 3. The predicted octanol–water partition coefficient (Wildman–Crippen LogP) is 3.15. The molecular formula is C16H23ClN2O3. The lowest BCUT2D eigenvalue weighted by Crippen LogP contribution is -2.47. The number of benzene rings is 1. The van der Waals surface area contributed by atoms with Crippen molar-refractivity contribution in [2.45, 2.75) is 40.7 Å². The molecule has 0 saturated carbocycles. The fraction of sp³-hybridized carbons (Fsp3) is 0.500. The SMILES string of the molecule is COc1cc(Cl)c(C)cc1NC(=O)C(C)(C)C(=O)NC(C)C. The molecule has 2 N–H and O–H groups in total. The van der Waals surface area contributed by atoms with Crippen molar-refractivity contribution in [1.29, 1.82) is 0 Å². The molecular weight excluding hydrogens is 304 g/mol. The van der Waals surface area contributed by atoms with E-state index in [0.29, 0.717) is 16.5 Å². The Morgan fingerprint density at radius 1 is 1.23 bits per heavy atom. The zero-order chi connectivity index (χ0) is 17.1. The number of aryl methyl sites for hydroxylation is 1. The smallest absolute Gasteiger partial charge is 0.239 e. The summed E-state index contributed by atoms with van der Waals surface area (Å²) in [5.74, 6) is -0.292. The third-order valence-electron chi connectivity index (χ3n) is 3.28. The summed E-state index contributed by atoms with van der Waals surface area (Å²) in [6.45, 7) is 8.67. The quantitative estimate of drug-likeness (QED) is 0.817. The van der Waals surface area contributed by atoms with Crippen molar-refractivity contribution in [1.82, 2.24) is 5.32 Å². The summed E-state index contributed by atoms with van der Waals surface area (Å²) < 4.78 is 5.22. The molecule has 0 saturated heterocycles. The zero-order valence-corrected chi connectivity index (χ0v) is 14.6. The topological polar surface area (TPSA) is 67.4 Å². The number of methoxy groups -OCH3 is 1. The lowest BCUT2D eigenvalue weighted by molar-refractivity contribution is -0.138. The van der Waals surface area contributed by atoms with Crippen molar-refractivity contribution in [3.8, 4) is 5.75 Å². The van der Waals surface area contributed by atoms with Crippen LogP contribution in [-0.4, -0.2) is 25.0 Å². The van der Waals surface area contributed by atoms with Gasteiger partial charge in [0.25, 0.3) is 0 Å². The second kappa shape index (κ2) is 7.01. The van der Waals surface area contributed by atoms with Crippen LogP contribution >= 0.6 is 11.6 Å². The lowest BCUT2D eigenvalue weighted by Gasteiger charge is -2.24. The van der Waals surface area contributed by atoms with E-state index < -0.39 is 11.3 Å². The fourth-order valence-corrected chi connectivity index (χ4v) is 1.91. The van der Waals surface area contributed by atoms with Crippen LogP contribution in [0.5, 0.6) is 5.75 Å². The maximum atomic E-state index is 12.5. The molecule has 1 aromatic rings. The van der Waals surface area contributed by atoms with E-state index in [1.165, 1.54) is 7.11 Å². The Labute approximate surface area is 136 Å². The standard InChI is InChI=1S/C16H23ClN2O3/c1-9(2)18-14(20)16(4,5)15(21)19-12-7-10(3)11(17)8-13(12)22-6/h7-9H,1-6H3,(H,18,20)(H,19,21). The van der Waals surface area contributed by atoms with Gasteiger partial charge in [-0.1, -0.05) is 11.6 Å². The van der Waals surface area contributed by atoms with Gasteiger partial charge in [0.2, 0.25) is 11.8 Å². The monoisotopic (exact) mass is 326 g/mol. The molecule has 0 aliphatic carbocycles. The molecule has 22 heavy (non-hydrogen) atoms. The van der Waals surface area contributed by atoms with Gasteiger partial charge < -0.3 is 15.4 Å². The Morgan fingerprint density at radius 2 is 1.82 bits per heavy atom. The van der Waals surface area contributed by atoms with Gasteiger partial charge in [0, 0.05) is 17.1 Å². The van der Waals surface area contributed by atoms with Crippen LogP contribution in [0, 0.1) is 12.3 Å². The maximum Gasteiger partial charge on any atom is 0.239 e. The highest BCUT2D eigenvalue weighted by Crippen LogP contribution is 2.32. The van der Waals surface area contributed by atoms with Gasteiger partial charge in [0.1, 0.15) is 11.2 Å². The normalized spacial score (nSPS) is 11.3. The van der Waals surface area contributed by atoms with Crippen molar-refractivity contribution in [3.63, 3.8) is 0 Å². The van der Waals surface area contributed by atoms with Crippen molar-refractivity contribution in [2.24, 2.45) is 5.41 Å². The Hall–Kier alpha value is -1.75. The van der Waals surface area contributed by atoms with E-state index in [1.54, 1.807) is 26.0 Å². The average Bonchev–Trinajstić information content (AvgIpc) is 2.41. The Bertz CT molecular complexity index is 583. The van der Waals surface area contributed by atoms with E-state index in [2.05, 4.69) is 10.6 Å². The average molecular weight is 327 g/mol. The first-order chi connectivity index (χ1) is 10.1. The van der Waals surface area contributed by atoms with Crippen molar-refractivity contribution in [2.75, 3.05) is 12.4 Å². The first-order valence-corrected chi connectivity index (χ1v) is 7.44. The van der Waals surface area contributed by atoms with Crippen LogP contribution in [0.25, 0.3) is 0 Å². The summed E-state index contributed by atoms with van der Waals surface area (Å²) in [4.78, 5) is 24.6. The van der Waals surface area contributed by atoms with E-state index in [0.717, 1.165) is 5.56 Å². The number of carbonyl (C=O) groups is 2. The Kier molecular flexibility index (Phi) is 5.83. The second-order valence-corrected chi connectivity index (χ2v) is 6.42. The molecule has 0 heterocycles. The third-order valence-corrected chi connectivity index (χ3v) is 3.69. The summed E-state index contributed by atoms with van der Waals surface area (Å²) in [5, 5.41) is 6.04. The number of carbonyl (C=O) groups excluding carboxylic acids is 2. The predicted molar refractivity (Wildman–Crippen MR) is 88.4 cm³/mol. The first kappa shape index (κ1) is 18.3. The second-order valence-electron chi connectivity index (χ2n) is 6.01. The van der Waals surface area contributed by atoms with Gasteiger partial charge in [0.15, 0.2) is 0 Å². The van der Waals surface area contributed by atoms with E-state index in [4.69, 9.17) is 16.3 Å². The summed E-state index contributed by atoms with van der Waals surface area (Å²) in [6.07, 6.45) is 0. The molecule has 1 rings (SSSR count). The van der Waals surface area contributed by atoms with Gasteiger partial charge in [-0.25, -0.2) is 0 Å². The van der Waals surface area contributed by atoms with Gasteiger partial charge in [0.05, 0.1) is 12.8 Å². The van der Waals surface area contributed by atoms with Gasteiger partial charge in [-0.15, -0.1) is 0 Å². The number of rotatable bonds is 5. The zero-order valence-electron chi connectivity index (χ0n) is 13.8. The van der Waals surface area contributed by atoms with Gasteiger partial charge >= 0.3 is 0 Å². The third kappa shape index (κ3) is 4.13. The number of amides is 2. The van der Waals surface area contributed by atoms with Crippen LogP contribution in [0.1, 0.15) is 33.3 Å².